The molecule has 1 aliphatic heterocycles. The first-order valence-electron chi connectivity index (χ1n) is 8.03. The zero-order valence-electron chi connectivity index (χ0n) is 14.1. The Kier molecular flexibility index (Phi) is 6.01. The number of benzene rings is 2. The van der Waals surface area contributed by atoms with E-state index in [2.05, 4.69) is 0 Å². The third-order valence-corrected chi connectivity index (χ3v) is 6.95. The zero-order chi connectivity index (χ0) is 17.7. The topological polar surface area (TPSA) is 55.8 Å². The second kappa shape index (κ2) is 8.23. The quantitative estimate of drug-likeness (QED) is 0.722. The maximum absolute atomic E-state index is 12.7. The normalized spacial score (nSPS) is 15.9. The summed E-state index contributed by atoms with van der Waals surface area (Å²) >= 11 is 1.66. The van der Waals surface area contributed by atoms with Gasteiger partial charge in [-0.05, 0) is 42.0 Å². The molecule has 2 aromatic rings. The molecule has 0 aromatic heterocycles. The molecular formula is C18H21NO4S2. The van der Waals surface area contributed by atoms with Gasteiger partial charge in [0.15, 0.2) is 0 Å². The highest BCUT2D eigenvalue weighted by Crippen LogP contribution is 2.26. The lowest BCUT2D eigenvalue weighted by Gasteiger charge is -2.26. The second-order valence-electron chi connectivity index (χ2n) is 5.63. The number of hydrogen-bond acceptors (Lipinski definition) is 5. The number of thioether (sulfide) groups is 1. The minimum absolute atomic E-state index is 0.349. The van der Waals surface area contributed by atoms with Crippen molar-refractivity contribution in [1.29, 1.82) is 0 Å². The fourth-order valence-corrected chi connectivity index (χ4v) is 4.89. The van der Waals surface area contributed by atoms with E-state index in [9.17, 15) is 8.42 Å². The van der Waals surface area contributed by atoms with Crippen LogP contribution in [0.5, 0.6) is 5.75 Å². The number of methoxy groups -OCH3 is 1. The minimum Gasteiger partial charge on any atom is -0.497 e. The van der Waals surface area contributed by atoms with E-state index in [1.165, 1.54) is 4.31 Å². The lowest BCUT2D eigenvalue weighted by molar-refractivity contribution is 0.0730. The second-order valence-corrected chi connectivity index (χ2v) is 8.61. The van der Waals surface area contributed by atoms with Crippen LogP contribution in [0.15, 0.2) is 58.3 Å². The molecule has 0 bridgehead atoms. The summed E-state index contributed by atoms with van der Waals surface area (Å²) in [6.07, 6.45) is 0. The summed E-state index contributed by atoms with van der Waals surface area (Å²) < 4.78 is 37.4. The van der Waals surface area contributed by atoms with Crippen molar-refractivity contribution in [1.82, 2.24) is 4.31 Å². The number of rotatable bonds is 6. The van der Waals surface area contributed by atoms with Gasteiger partial charge in [0, 0.05) is 23.7 Å². The highest BCUT2D eigenvalue weighted by molar-refractivity contribution is 7.98. The molecule has 1 fully saturated rings. The summed E-state index contributed by atoms with van der Waals surface area (Å²) in [6.45, 7) is 1.72. The van der Waals surface area contributed by atoms with Crippen LogP contribution in [0.3, 0.4) is 0 Å². The summed E-state index contributed by atoms with van der Waals surface area (Å²) in [7, 11) is -1.81. The number of hydrogen-bond donors (Lipinski definition) is 0. The van der Waals surface area contributed by atoms with Gasteiger partial charge < -0.3 is 9.47 Å². The number of sulfonamides is 1. The summed E-state index contributed by atoms with van der Waals surface area (Å²) in [4.78, 5) is 1.46. The Balaban J connectivity index is 1.70. The summed E-state index contributed by atoms with van der Waals surface area (Å²) in [6, 6.07) is 15.0. The van der Waals surface area contributed by atoms with Gasteiger partial charge >= 0.3 is 0 Å². The Labute approximate surface area is 153 Å². The van der Waals surface area contributed by atoms with Gasteiger partial charge in [0.25, 0.3) is 0 Å². The van der Waals surface area contributed by atoms with Crippen LogP contribution in [0.2, 0.25) is 0 Å². The highest BCUT2D eigenvalue weighted by atomic mass is 32.2. The number of nitrogens with zero attached hydrogens (tertiary/aromatic N) is 1. The fourth-order valence-electron chi connectivity index (χ4n) is 2.57. The molecule has 0 spiro atoms. The van der Waals surface area contributed by atoms with E-state index in [0.29, 0.717) is 37.0 Å². The van der Waals surface area contributed by atoms with E-state index >= 15 is 0 Å². The molecule has 0 atom stereocenters. The minimum atomic E-state index is -3.45. The molecule has 0 unspecified atom stereocenters. The van der Waals surface area contributed by atoms with Crippen LogP contribution in [0.4, 0.5) is 0 Å². The van der Waals surface area contributed by atoms with Crippen LogP contribution in [0, 0.1) is 0 Å². The SMILES string of the molecule is COc1ccc(SCc2cccc(S(=O)(=O)N3CCOCC3)c2)cc1. The van der Waals surface area contributed by atoms with Crippen LogP contribution >= 0.6 is 11.8 Å². The van der Waals surface area contributed by atoms with Gasteiger partial charge in [0.2, 0.25) is 10.0 Å². The van der Waals surface area contributed by atoms with Crippen molar-refractivity contribution in [3.05, 3.63) is 54.1 Å². The lowest BCUT2D eigenvalue weighted by atomic mass is 10.2. The first-order valence-corrected chi connectivity index (χ1v) is 10.5. The van der Waals surface area contributed by atoms with E-state index in [1.807, 2.05) is 30.3 Å². The first-order chi connectivity index (χ1) is 12.1. The van der Waals surface area contributed by atoms with Crippen LogP contribution in [0.1, 0.15) is 5.56 Å². The molecule has 0 radical (unpaired) electrons. The Bertz CT molecular complexity index is 800. The van der Waals surface area contributed by atoms with Crippen molar-refractivity contribution in [2.75, 3.05) is 33.4 Å². The molecule has 3 rings (SSSR count). The van der Waals surface area contributed by atoms with E-state index in [1.54, 1.807) is 37.1 Å². The van der Waals surface area contributed by atoms with E-state index in [-0.39, 0.29) is 0 Å². The van der Waals surface area contributed by atoms with Crippen molar-refractivity contribution in [2.24, 2.45) is 0 Å². The van der Waals surface area contributed by atoms with Gasteiger partial charge in [-0.2, -0.15) is 4.31 Å². The van der Waals surface area contributed by atoms with E-state index < -0.39 is 10.0 Å². The van der Waals surface area contributed by atoms with Gasteiger partial charge in [-0.25, -0.2) is 8.42 Å². The Hall–Kier alpha value is -1.54. The summed E-state index contributed by atoms with van der Waals surface area (Å²) in [5.74, 6) is 1.53. The number of morpholine rings is 1. The summed E-state index contributed by atoms with van der Waals surface area (Å²) in [5, 5.41) is 0. The molecule has 134 valence electrons. The van der Waals surface area contributed by atoms with Gasteiger partial charge in [-0.15, -0.1) is 11.8 Å². The van der Waals surface area contributed by atoms with Crippen LogP contribution < -0.4 is 4.74 Å². The van der Waals surface area contributed by atoms with Crippen molar-refractivity contribution in [2.45, 2.75) is 15.5 Å². The Morgan fingerprint density at radius 1 is 1.12 bits per heavy atom. The zero-order valence-corrected chi connectivity index (χ0v) is 15.7. The molecule has 1 saturated heterocycles. The molecule has 2 aromatic carbocycles. The molecule has 25 heavy (non-hydrogen) atoms. The fraction of sp³-hybridized carbons (Fsp3) is 0.333. The van der Waals surface area contributed by atoms with Crippen molar-refractivity contribution < 1.29 is 17.9 Å². The third kappa shape index (κ3) is 4.55. The van der Waals surface area contributed by atoms with Gasteiger partial charge in [-0.3, -0.25) is 0 Å². The standard InChI is InChI=1S/C18H21NO4S2/c1-22-16-5-7-17(8-6-16)24-14-15-3-2-4-18(13-15)25(20,21)19-9-11-23-12-10-19/h2-8,13H,9-12,14H2,1H3. The predicted molar refractivity (Wildman–Crippen MR) is 98.6 cm³/mol. The van der Waals surface area contributed by atoms with Gasteiger partial charge in [0.05, 0.1) is 25.2 Å². The molecular weight excluding hydrogens is 358 g/mol. The van der Waals surface area contributed by atoms with Gasteiger partial charge in [0.1, 0.15) is 5.75 Å². The average molecular weight is 380 g/mol. The van der Waals surface area contributed by atoms with Crippen molar-refractivity contribution in [3.63, 3.8) is 0 Å². The smallest absolute Gasteiger partial charge is 0.243 e. The highest BCUT2D eigenvalue weighted by Gasteiger charge is 2.26. The summed E-state index contributed by atoms with van der Waals surface area (Å²) in [5.41, 5.74) is 0.982. The molecule has 1 aliphatic rings. The maximum atomic E-state index is 12.7. The molecule has 0 amide bonds. The molecule has 7 heteroatoms. The molecule has 0 aliphatic carbocycles. The van der Waals surface area contributed by atoms with Gasteiger partial charge in [-0.1, -0.05) is 12.1 Å². The Morgan fingerprint density at radius 2 is 1.84 bits per heavy atom. The van der Waals surface area contributed by atoms with Crippen molar-refractivity contribution in [3.8, 4) is 5.75 Å². The van der Waals surface area contributed by atoms with Crippen LogP contribution in [-0.2, 0) is 20.5 Å². The largest absolute Gasteiger partial charge is 0.497 e. The maximum Gasteiger partial charge on any atom is 0.243 e. The molecule has 0 N–H and O–H groups in total. The van der Waals surface area contributed by atoms with E-state index in [4.69, 9.17) is 9.47 Å². The molecule has 1 heterocycles. The first kappa shape index (κ1) is 18.3. The lowest BCUT2D eigenvalue weighted by Crippen LogP contribution is -2.40. The molecule has 0 saturated carbocycles. The number of ether oxygens (including phenoxy) is 2. The van der Waals surface area contributed by atoms with Crippen molar-refractivity contribution >= 4 is 21.8 Å². The average Bonchev–Trinajstić information content (AvgIpc) is 2.67. The third-order valence-electron chi connectivity index (χ3n) is 3.97. The molecule has 5 nitrogen and oxygen atoms in total. The van der Waals surface area contributed by atoms with E-state index in [0.717, 1.165) is 16.2 Å². The van der Waals surface area contributed by atoms with Crippen LogP contribution in [0.25, 0.3) is 0 Å². The predicted octanol–water partition coefficient (Wildman–Crippen LogP) is 3.01. The monoisotopic (exact) mass is 379 g/mol. The Morgan fingerprint density at radius 3 is 2.52 bits per heavy atom. The van der Waals surface area contributed by atoms with Crippen LogP contribution in [-0.4, -0.2) is 46.1 Å².